The van der Waals surface area contributed by atoms with E-state index in [0.717, 1.165) is 10.9 Å². The molecule has 0 spiro atoms. The summed E-state index contributed by atoms with van der Waals surface area (Å²) in [6.07, 6.45) is 2.26. The monoisotopic (exact) mass is 270 g/mol. The minimum Gasteiger partial charge on any atom is -0.460 e. The highest BCUT2D eigenvalue weighted by Crippen LogP contribution is 2.18. The van der Waals surface area contributed by atoms with Crippen LogP contribution in [0.4, 0.5) is 0 Å². The van der Waals surface area contributed by atoms with Gasteiger partial charge in [-0.05, 0) is 45.0 Å². The molecule has 4 nitrogen and oxygen atoms in total. The van der Waals surface area contributed by atoms with Gasteiger partial charge in [-0.25, -0.2) is 0 Å². The standard InChI is InChI=1S/C16H18N2O2/c1-16(2,3)20-15(19)7-9-18-8-6-13-10-12(11-17)4-5-14(13)18/h4-6,8,10H,7,9H2,1-3H3. The molecule has 0 unspecified atom stereocenters. The van der Waals surface area contributed by atoms with Crippen molar-refractivity contribution in [1.29, 1.82) is 5.26 Å². The molecule has 104 valence electrons. The Kier molecular flexibility index (Phi) is 3.80. The number of aryl methyl sites for hydroxylation is 1. The van der Waals surface area contributed by atoms with Crippen molar-refractivity contribution in [2.45, 2.75) is 39.3 Å². The molecule has 1 heterocycles. The number of benzene rings is 1. The number of rotatable bonds is 3. The van der Waals surface area contributed by atoms with Crippen LogP contribution >= 0.6 is 0 Å². The minimum absolute atomic E-state index is 0.201. The van der Waals surface area contributed by atoms with Crippen molar-refractivity contribution in [3.05, 3.63) is 36.0 Å². The molecule has 20 heavy (non-hydrogen) atoms. The zero-order valence-electron chi connectivity index (χ0n) is 12.0. The summed E-state index contributed by atoms with van der Waals surface area (Å²) in [5.41, 5.74) is 1.22. The summed E-state index contributed by atoms with van der Waals surface area (Å²) in [7, 11) is 0. The first kappa shape index (κ1) is 14.1. The van der Waals surface area contributed by atoms with Crippen molar-refractivity contribution >= 4 is 16.9 Å². The zero-order valence-corrected chi connectivity index (χ0v) is 12.0. The van der Waals surface area contributed by atoms with Crippen LogP contribution in [0.1, 0.15) is 32.8 Å². The molecule has 0 N–H and O–H groups in total. The summed E-state index contributed by atoms with van der Waals surface area (Å²) in [6, 6.07) is 9.61. The Bertz CT molecular complexity index is 672. The lowest BCUT2D eigenvalue weighted by atomic mass is 10.2. The van der Waals surface area contributed by atoms with Crippen LogP contribution in [0.5, 0.6) is 0 Å². The molecular weight excluding hydrogens is 252 g/mol. The number of hydrogen-bond donors (Lipinski definition) is 0. The van der Waals surface area contributed by atoms with E-state index in [-0.39, 0.29) is 5.97 Å². The van der Waals surface area contributed by atoms with Crippen LogP contribution in [0.3, 0.4) is 0 Å². The van der Waals surface area contributed by atoms with Gasteiger partial charge in [0, 0.05) is 23.6 Å². The third-order valence-corrected chi connectivity index (χ3v) is 2.88. The lowest BCUT2D eigenvalue weighted by Gasteiger charge is -2.19. The van der Waals surface area contributed by atoms with Crippen molar-refractivity contribution in [3.63, 3.8) is 0 Å². The predicted molar refractivity (Wildman–Crippen MR) is 77.1 cm³/mol. The Balaban J connectivity index is 2.08. The van der Waals surface area contributed by atoms with Gasteiger partial charge in [0.25, 0.3) is 0 Å². The van der Waals surface area contributed by atoms with Gasteiger partial charge in [0.05, 0.1) is 18.1 Å². The first-order valence-corrected chi connectivity index (χ1v) is 6.60. The molecule has 4 heteroatoms. The second kappa shape index (κ2) is 5.38. The highest BCUT2D eigenvalue weighted by molar-refractivity contribution is 5.81. The molecule has 2 aromatic rings. The molecule has 0 aliphatic heterocycles. The maximum absolute atomic E-state index is 11.7. The molecule has 1 aromatic heterocycles. The molecule has 0 amide bonds. The van der Waals surface area contributed by atoms with E-state index in [1.54, 1.807) is 6.07 Å². The highest BCUT2D eigenvalue weighted by Gasteiger charge is 2.16. The molecule has 1 aromatic carbocycles. The second-order valence-corrected chi connectivity index (χ2v) is 5.73. The lowest BCUT2D eigenvalue weighted by molar-refractivity contribution is -0.155. The molecule has 0 fully saturated rings. The van der Waals surface area contributed by atoms with Crippen molar-refractivity contribution in [3.8, 4) is 6.07 Å². The average molecular weight is 270 g/mol. The smallest absolute Gasteiger partial charge is 0.308 e. The van der Waals surface area contributed by atoms with Crippen LogP contribution in [-0.2, 0) is 16.1 Å². The minimum atomic E-state index is -0.447. The highest BCUT2D eigenvalue weighted by atomic mass is 16.6. The molecule has 0 saturated carbocycles. The van der Waals surface area contributed by atoms with Gasteiger partial charge in [-0.3, -0.25) is 4.79 Å². The van der Waals surface area contributed by atoms with Gasteiger partial charge in [-0.2, -0.15) is 5.26 Å². The zero-order chi connectivity index (χ0) is 14.8. The number of ether oxygens (including phenoxy) is 1. The Hall–Kier alpha value is -2.28. The van der Waals surface area contributed by atoms with Gasteiger partial charge in [0.2, 0.25) is 0 Å². The van der Waals surface area contributed by atoms with Gasteiger partial charge in [-0.1, -0.05) is 0 Å². The lowest BCUT2D eigenvalue weighted by Crippen LogP contribution is -2.24. The average Bonchev–Trinajstić information content (AvgIpc) is 2.76. The SMILES string of the molecule is CC(C)(C)OC(=O)CCn1ccc2cc(C#N)ccc21. The number of esters is 1. The molecule has 0 aliphatic rings. The molecule has 0 aliphatic carbocycles. The number of nitriles is 1. The number of fused-ring (bicyclic) bond motifs is 1. The van der Waals surface area contributed by atoms with Crippen LogP contribution in [0.2, 0.25) is 0 Å². The molecular formula is C16H18N2O2. The van der Waals surface area contributed by atoms with Crippen LogP contribution in [0.15, 0.2) is 30.5 Å². The molecule has 0 bridgehead atoms. The molecule has 2 rings (SSSR count). The summed E-state index contributed by atoms with van der Waals surface area (Å²) < 4.78 is 7.29. The fraction of sp³-hybridized carbons (Fsp3) is 0.375. The fourth-order valence-corrected chi connectivity index (χ4v) is 2.07. The second-order valence-electron chi connectivity index (χ2n) is 5.73. The maximum atomic E-state index is 11.7. The number of aromatic nitrogens is 1. The van der Waals surface area contributed by atoms with Gasteiger partial charge in [-0.15, -0.1) is 0 Å². The van der Waals surface area contributed by atoms with E-state index in [1.165, 1.54) is 0 Å². The third-order valence-electron chi connectivity index (χ3n) is 2.88. The van der Waals surface area contributed by atoms with Crippen molar-refractivity contribution in [2.24, 2.45) is 0 Å². The number of carbonyl (C=O) groups is 1. The van der Waals surface area contributed by atoms with Gasteiger partial charge in [0.1, 0.15) is 5.60 Å². The van der Waals surface area contributed by atoms with Crippen LogP contribution in [0.25, 0.3) is 10.9 Å². The summed E-state index contributed by atoms with van der Waals surface area (Å²) >= 11 is 0. The summed E-state index contributed by atoms with van der Waals surface area (Å²) in [5.74, 6) is -0.201. The Morgan fingerprint density at radius 1 is 1.35 bits per heavy atom. The van der Waals surface area contributed by atoms with E-state index in [1.807, 2.05) is 49.7 Å². The molecule has 0 atom stereocenters. The predicted octanol–water partition coefficient (Wildman–Crippen LogP) is 3.24. The molecule has 0 saturated heterocycles. The van der Waals surface area contributed by atoms with Crippen LogP contribution < -0.4 is 0 Å². The Morgan fingerprint density at radius 3 is 2.75 bits per heavy atom. The van der Waals surface area contributed by atoms with E-state index >= 15 is 0 Å². The van der Waals surface area contributed by atoms with E-state index in [0.29, 0.717) is 18.5 Å². The molecule has 0 radical (unpaired) electrons. The fourth-order valence-electron chi connectivity index (χ4n) is 2.07. The largest absolute Gasteiger partial charge is 0.460 e. The first-order valence-electron chi connectivity index (χ1n) is 6.60. The third kappa shape index (κ3) is 3.39. The first-order chi connectivity index (χ1) is 9.39. The maximum Gasteiger partial charge on any atom is 0.308 e. The summed E-state index contributed by atoms with van der Waals surface area (Å²) in [4.78, 5) is 11.7. The van der Waals surface area contributed by atoms with Crippen molar-refractivity contribution in [2.75, 3.05) is 0 Å². The van der Waals surface area contributed by atoms with Gasteiger partial charge in [0.15, 0.2) is 0 Å². The van der Waals surface area contributed by atoms with Crippen molar-refractivity contribution < 1.29 is 9.53 Å². The van der Waals surface area contributed by atoms with E-state index in [9.17, 15) is 4.79 Å². The summed E-state index contributed by atoms with van der Waals surface area (Å²) in [5, 5.41) is 9.88. The normalized spacial score (nSPS) is 11.3. The van der Waals surface area contributed by atoms with E-state index in [2.05, 4.69) is 6.07 Å². The quantitative estimate of drug-likeness (QED) is 0.804. The number of carbonyl (C=O) groups excluding carboxylic acids is 1. The van der Waals surface area contributed by atoms with E-state index in [4.69, 9.17) is 10.00 Å². The number of hydrogen-bond acceptors (Lipinski definition) is 3. The van der Waals surface area contributed by atoms with Crippen LogP contribution in [0, 0.1) is 11.3 Å². The van der Waals surface area contributed by atoms with Gasteiger partial charge < -0.3 is 9.30 Å². The summed E-state index contributed by atoms with van der Waals surface area (Å²) in [6.45, 7) is 6.16. The topological polar surface area (TPSA) is 55.0 Å². The van der Waals surface area contributed by atoms with Crippen molar-refractivity contribution in [1.82, 2.24) is 4.57 Å². The van der Waals surface area contributed by atoms with Crippen LogP contribution in [-0.4, -0.2) is 16.1 Å². The number of nitrogens with zero attached hydrogens (tertiary/aromatic N) is 2. The Labute approximate surface area is 118 Å². The van der Waals surface area contributed by atoms with Gasteiger partial charge >= 0.3 is 5.97 Å². The van der Waals surface area contributed by atoms with E-state index < -0.39 is 5.60 Å². The Morgan fingerprint density at radius 2 is 2.10 bits per heavy atom.